The van der Waals surface area contributed by atoms with Gasteiger partial charge in [-0.05, 0) is 93.6 Å². The Bertz CT molecular complexity index is 4390. The Balaban J connectivity index is 1.76. The summed E-state index contributed by atoms with van der Waals surface area (Å²) in [5.74, 6) is -10.7. The summed E-state index contributed by atoms with van der Waals surface area (Å²) in [4.78, 5) is 30.9. The molecule has 2 unspecified atom stereocenters. The lowest BCUT2D eigenvalue weighted by Crippen LogP contribution is -2.59. The predicted octanol–water partition coefficient (Wildman–Crippen LogP) is 9.23. The summed E-state index contributed by atoms with van der Waals surface area (Å²) in [6.45, 7) is -17.0. The van der Waals surface area contributed by atoms with Crippen LogP contribution < -0.4 is 32.1 Å². The number of para-hydroxylation sites is 4. The lowest BCUT2D eigenvalue weighted by molar-refractivity contribution is 0.812. The molecule has 8 aromatic rings. The monoisotopic (exact) mass is 710 g/mol. The second-order valence-electron chi connectivity index (χ2n) is 12.0. The summed E-state index contributed by atoms with van der Waals surface area (Å²) in [7, 11) is 0. The molecule has 3 heterocycles. The van der Waals surface area contributed by atoms with Crippen LogP contribution in [0.15, 0.2) is 130 Å². The molecule has 0 aliphatic carbocycles. The summed E-state index contributed by atoms with van der Waals surface area (Å²) in [6, 6.07) is -20.4. The molecule has 9 rings (SSSR count). The van der Waals surface area contributed by atoms with E-state index in [4.69, 9.17) is 31.5 Å². The van der Waals surface area contributed by atoms with E-state index in [0.29, 0.717) is 35.3 Å². The van der Waals surface area contributed by atoms with E-state index in [9.17, 15) is 18.5 Å². The van der Waals surface area contributed by atoms with E-state index in [1.54, 1.807) is 0 Å². The van der Waals surface area contributed by atoms with Gasteiger partial charge in [-0.1, -0.05) is 119 Å². The number of benzene rings is 6. The molecule has 0 N–H and O–H groups in total. The van der Waals surface area contributed by atoms with Crippen LogP contribution in [0.1, 0.15) is 121 Å². The van der Waals surface area contributed by atoms with Gasteiger partial charge in [0.2, 0.25) is 6.71 Å². The van der Waals surface area contributed by atoms with Gasteiger partial charge in [0.05, 0.1) is 41.2 Å². The van der Waals surface area contributed by atoms with E-state index < -0.39 is 260 Å². The average molecular weight is 710 g/mol. The highest BCUT2D eigenvalue weighted by Crippen LogP contribution is 2.39. The maximum atomic E-state index is 15.8. The normalized spacial score (nSPS) is 25.5. The Labute approximate surface area is 350 Å². The Kier molecular flexibility index (Phi) is 2.87. The Morgan fingerprint density at radius 2 is 1.23 bits per heavy atom. The molecule has 0 spiro atoms. The number of nitrogens with zero attached hydrogens (tertiary/aromatic N) is 2. The minimum atomic E-state index is -3.99. The molecule has 2 atom stereocenters. The zero-order valence-corrected chi connectivity index (χ0v) is 26.9. The smallest absolute Gasteiger partial charge is 0.247 e. The van der Waals surface area contributed by atoms with Crippen LogP contribution in [0.5, 0.6) is 0 Å². The number of aromatic nitrogens is 1. The van der Waals surface area contributed by atoms with Gasteiger partial charge >= 0.3 is 0 Å². The van der Waals surface area contributed by atoms with Crippen molar-refractivity contribution >= 4 is 78.3 Å². The quantitative estimate of drug-likeness (QED) is 0.102. The molecule has 4 nitrogen and oxygen atoms in total. The van der Waals surface area contributed by atoms with Crippen molar-refractivity contribution < 1.29 is 45.2 Å². The zero-order valence-electron chi connectivity index (χ0n) is 59.9. The minimum absolute atomic E-state index is 0.411. The van der Waals surface area contributed by atoms with Crippen LogP contribution in [0, 0.1) is 0 Å². The van der Waals surface area contributed by atoms with Gasteiger partial charge in [-0.25, -0.2) is 0 Å². The standard InChI is InChI=1S/C47H41BN2O2/c1-27(2)30-23-35(28(3)4)44(36(24-30)29(5)6)48-38-20-11-13-22-41(38)49(31-15-8-7-9-16-31)43-26-42-37(25-39(43)48)47(52)34-19-14-18-33-45(34)50(42)40-21-12-10-17-32(40)46(33)51/h7-29H,1-6H3/i1D3,2D3,3D3,5D3,7D,8D,9D,10D,11D,12D,13D,14D,15D,16D,17D,18D,19D,20D,21D,22D,25D,26D,27D,28D,29D. The first-order valence-electron chi connectivity index (χ1n) is 32.0. The molecule has 6 aromatic carbocycles. The van der Waals surface area contributed by atoms with Crippen LogP contribution in [-0.2, 0) is 0 Å². The van der Waals surface area contributed by atoms with Gasteiger partial charge in [0.25, 0.3) is 0 Å². The number of hydrogen-bond acceptors (Lipinski definition) is 3. The first-order chi connectivity index (χ1) is 38.5. The van der Waals surface area contributed by atoms with Crippen LogP contribution in [0.2, 0.25) is 0 Å². The molecule has 1 aliphatic rings. The lowest BCUT2D eigenvalue weighted by atomic mass is 9.33. The summed E-state index contributed by atoms with van der Waals surface area (Å²) in [5, 5.41) is -4.14. The van der Waals surface area contributed by atoms with Crippen molar-refractivity contribution in [1.29, 1.82) is 0 Å². The molecule has 52 heavy (non-hydrogen) atoms. The van der Waals surface area contributed by atoms with Gasteiger partial charge < -0.3 is 9.30 Å². The molecule has 0 amide bonds. The molecule has 5 heteroatoms. The fraction of sp³-hybridized carbons (Fsp3) is 0.191. The summed E-state index contributed by atoms with van der Waals surface area (Å²) < 4.78 is 299. The Hall–Kier alpha value is -5.68. The average Bonchev–Trinajstić information content (AvgIpc) is 0.684. The van der Waals surface area contributed by atoms with E-state index in [1.165, 1.54) is 0 Å². The molecular weight excluding hydrogens is 635 g/mol. The van der Waals surface area contributed by atoms with Crippen LogP contribution in [-0.4, -0.2) is 11.1 Å². The highest BCUT2D eigenvalue weighted by molar-refractivity contribution is 6.98. The van der Waals surface area contributed by atoms with E-state index in [-0.39, 0.29) is 0 Å². The molecule has 0 saturated carbocycles. The van der Waals surface area contributed by atoms with E-state index in [2.05, 4.69) is 0 Å². The van der Waals surface area contributed by atoms with Gasteiger partial charge in [-0.15, -0.1) is 0 Å². The second-order valence-corrected chi connectivity index (χ2v) is 12.0. The highest BCUT2D eigenvalue weighted by Gasteiger charge is 2.39. The van der Waals surface area contributed by atoms with E-state index in [1.807, 2.05) is 0 Å². The predicted molar refractivity (Wildman–Crippen MR) is 222 cm³/mol. The Morgan fingerprint density at radius 1 is 0.615 bits per heavy atom. The highest BCUT2D eigenvalue weighted by atomic mass is 16.1. The van der Waals surface area contributed by atoms with Crippen molar-refractivity contribution in [3.8, 4) is 0 Å². The number of hydrogen-bond donors (Lipinski definition) is 0. The zero-order chi connectivity index (χ0) is 64.4. The van der Waals surface area contributed by atoms with Crippen molar-refractivity contribution in [2.24, 2.45) is 0 Å². The van der Waals surface area contributed by atoms with Crippen LogP contribution in [0.4, 0.5) is 17.1 Å². The number of pyridine rings is 2. The van der Waals surface area contributed by atoms with E-state index >= 15 is 4.79 Å². The third kappa shape index (κ3) is 4.61. The second kappa shape index (κ2) is 11.9. The van der Waals surface area contributed by atoms with Crippen molar-refractivity contribution in [3.05, 3.63) is 158 Å². The third-order valence-electron chi connectivity index (χ3n) is 9.08. The van der Waals surface area contributed by atoms with Gasteiger partial charge in [0.1, 0.15) is 0 Å². The largest absolute Gasteiger partial charge is 0.311 e. The van der Waals surface area contributed by atoms with Crippen molar-refractivity contribution in [2.75, 3.05) is 4.90 Å². The van der Waals surface area contributed by atoms with E-state index in [0.717, 1.165) is 0 Å². The Morgan fingerprint density at radius 3 is 1.94 bits per heavy atom. The fourth-order valence-corrected chi connectivity index (χ4v) is 6.94. The van der Waals surface area contributed by atoms with Crippen molar-refractivity contribution in [1.82, 2.24) is 4.40 Å². The van der Waals surface area contributed by atoms with Crippen LogP contribution >= 0.6 is 0 Å². The van der Waals surface area contributed by atoms with Gasteiger partial charge in [0.15, 0.2) is 10.9 Å². The number of fused-ring (bicyclic) bond motifs is 6. The minimum Gasteiger partial charge on any atom is -0.311 e. The maximum absolute atomic E-state index is 15.8. The molecule has 0 fully saturated rings. The van der Waals surface area contributed by atoms with Gasteiger partial charge in [-0.3, -0.25) is 9.59 Å². The van der Waals surface area contributed by atoms with Crippen LogP contribution in [0.3, 0.4) is 0 Å². The van der Waals surface area contributed by atoms with Gasteiger partial charge in [0, 0.05) is 59.2 Å². The summed E-state index contributed by atoms with van der Waals surface area (Å²) >= 11 is 0. The molecule has 2 aromatic heterocycles. The third-order valence-corrected chi connectivity index (χ3v) is 9.08. The van der Waals surface area contributed by atoms with Crippen molar-refractivity contribution in [3.63, 3.8) is 0 Å². The number of rotatable bonds is 5. The van der Waals surface area contributed by atoms with Crippen molar-refractivity contribution in [2.45, 2.75) is 58.9 Å². The molecule has 254 valence electrons. The first-order valence-corrected chi connectivity index (χ1v) is 15.5. The number of anilines is 3. The molecular formula is C47H41BN2O2. The maximum Gasteiger partial charge on any atom is 0.247 e. The SMILES string of the molecule is [2H]c1c([2H])c([2H])c(N2c3c([2H])c([2H])c([2H])c([2H])c3B(c3c(C([2H])(C)C([2H])([2H])[2H])cc(C([2H])(C([2H])([2H])[2H])C([2H])([2H])[2H])cc3C([2H])(C)C([2H])([2H])[2H])c3c2c([2H])c2c(c3[2H])c(=O)c3c([2H])c([2H])c([2H])c4c(=O)c5c([2H])c([2H])c([2H])c([2H])c5n2c43)c([2H])c1[2H]. The first kappa shape index (κ1) is 12.5. The fourth-order valence-electron chi connectivity index (χ4n) is 6.94. The topological polar surface area (TPSA) is 41.8 Å². The molecule has 0 radical (unpaired) electrons. The van der Waals surface area contributed by atoms with Gasteiger partial charge in [-0.2, -0.15) is 0 Å². The molecule has 0 saturated heterocycles. The summed E-state index contributed by atoms with van der Waals surface area (Å²) in [6.07, 6.45) is 0. The molecule has 1 aliphatic heterocycles. The van der Waals surface area contributed by atoms with Crippen LogP contribution in [0.25, 0.3) is 38.1 Å². The molecule has 0 bridgehead atoms. The lowest BCUT2D eigenvalue weighted by Gasteiger charge is -2.39. The summed E-state index contributed by atoms with van der Waals surface area (Å²) in [5.41, 5.74) is -16.2.